The van der Waals surface area contributed by atoms with Gasteiger partial charge in [-0.25, -0.2) is 4.98 Å². The zero-order chi connectivity index (χ0) is 24.0. The molecule has 1 spiro atoms. The molecule has 7 heteroatoms. The molecule has 2 aliphatic heterocycles. The Labute approximate surface area is 210 Å². The van der Waals surface area contributed by atoms with Crippen LogP contribution in [0.2, 0.25) is 5.02 Å². The van der Waals surface area contributed by atoms with E-state index in [2.05, 4.69) is 28.9 Å². The number of amides is 1. The third-order valence-electron chi connectivity index (χ3n) is 7.80. The van der Waals surface area contributed by atoms with Gasteiger partial charge in [-0.05, 0) is 55.2 Å². The number of carbonyl (C=O) groups is 1. The molecule has 0 saturated heterocycles. The highest BCUT2D eigenvalue weighted by atomic mass is 35.5. The topological polar surface area (TPSA) is 64.8 Å². The van der Waals surface area contributed by atoms with Gasteiger partial charge in [-0.2, -0.15) is 0 Å². The summed E-state index contributed by atoms with van der Waals surface area (Å²) < 4.78 is 17.7. The van der Waals surface area contributed by atoms with E-state index in [9.17, 15) is 4.79 Å². The second kappa shape index (κ2) is 8.90. The molecule has 3 aromatic rings. The first-order valence-electron chi connectivity index (χ1n) is 12.5. The number of fused-ring (bicyclic) bond motifs is 3. The Morgan fingerprint density at radius 1 is 1.14 bits per heavy atom. The molecule has 1 atom stereocenters. The van der Waals surface area contributed by atoms with Crippen LogP contribution < -0.4 is 9.47 Å². The average molecular weight is 493 g/mol. The molecule has 0 N–H and O–H groups in total. The van der Waals surface area contributed by atoms with E-state index < -0.39 is 0 Å². The standard InChI is InChI=1S/C28H29ClN2O4/c1-18-20-14-23-24(34-13-12-33-23)15-21(20)28(10-4-5-11-28)17-31(18)27(32)9-8-26-30-16-25(35-26)19-6-2-3-7-22(19)29/h2-3,6-7,14-16,18H,4-5,8-13,17H2,1H3. The van der Waals surface area contributed by atoms with Crippen LogP contribution in [0.5, 0.6) is 11.5 Å². The van der Waals surface area contributed by atoms with E-state index in [4.69, 9.17) is 25.5 Å². The normalized spacial score (nSPS) is 20.2. The van der Waals surface area contributed by atoms with Crippen LogP contribution in [0, 0.1) is 0 Å². The van der Waals surface area contributed by atoms with Crippen molar-refractivity contribution >= 4 is 17.5 Å². The highest BCUT2D eigenvalue weighted by Gasteiger charge is 2.46. The number of halogens is 1. The number of oxazole rings is 1. The fourth-order valence-corrected chi connectivity index (χ4v) is 6.21. The van der Waals surface area contributed by atoms with Crippen molar-refractivity contribution in [1.82, 2.24) is 9.88 Å². The van der Waals surface area contributed by atoms with Crippen LogP contribution in [0.1, 0.15) is 62.1 Å². The first kappa shape index (κ1) is 22.5. The largest absolute Gasteiger partial charge is 0.486 e. The highest BCUT2D eigenvalue weighted by molar-refractivity contribution is 6.33. The van der Waals surface area contributed by atoms with Gasteiger partial charge in [0.2, 0.25) is 5.91 Å². The van der Waals surface area contributed by atoms with Crippen molar-refractivity contribution in [1.29, 1.82) is 0 Å². The summed E-state index contributed by atoms with van der Waals surface area (Å²) in [5, 5.41) is 0.616. The molecule has 2 aromatic carbocycles. The highest BCUT2D eigenvalue weighted by Crippen LogP contribution is 2.52. The van der Waals surface area contributed by atoms with Gasteiger partial charge in [0.05, 0.1) is 17.3 Å². The predicted molar refractivity (Wildman–Crippen MR) is 133 cm³/mol. The summed E-state index contributed by atoms with van der Waals surface area (Å²) in [5.74, 6) is 2.92. The Kier molecular flexibility index (Phi) is 5.72. The first-order chi connectivity index (χ1) is 17.0. The van der Waals surface area contributed by atoms with E-state index in [1.54, 1.807) is 6.20 Å². The lowest BCUT2D eigenvalue weighted by atomic mass is 9.71. The Hall–Kier alpha value is -2.99. The maximum atomic E-state index is 13.5. The molecule has 1 saturated carbocycles. The number of aromatic nitrogens is 1. The number of hydrogen-bond acceptors (Lipinski definition) is 5. The Morgan fingerprint density at radius 2 is 1.89 bits per heavy atom. The molecule has 182 valence electrons. The number of carbonyl (C=O) groups excluding carboxylic acids is 1. The van der Waals surface area contributed by atoms with E-state index in [1.165, 1.54) is 24.0 Å². The van der Waals surface area contributed by atoms with Crippen LogP contribution in [0.15, 0.2) is 47.0 Å². The second-order valence-corrected chi connectivity index (χ2v) is 10.3. The van der Waals surface area contributed by atoms with Gasteiger partial charge < -0.3 is 18.8 Å². The van der Waals surface area contributed by atoms with Crippen molar-refractivity contribution in [3.05, 3.63) is 64.6 Å². The number of rotatable bonds is 4. The Balaban J connectivity index is 1.23. The number of ether oxygens (including phenoxy) is 2. The van der Waals surface area contributed by atoms with Gasteiger partial charge in [-0.3, -0.25) is 4.79 Å². The molecule has 0 bridgehead atoms. The van der Waals surface area contributed by atoms with Crippen LogP contribution >= 0.6 is 11.6 Å². The van der Waals surface area contributed by atoms with E-state index in [0.29, 0.717) is 42.7 Å². The monoisotopic (exact) mass is 492 g/mol. The van der Waals surface area contributed by atoms with Crippen LogP contribution in [-0.2, 0) is 16.6 Å². The number of benzene rings is 2. The molecule has 1 unspecified atom stereocenters. The summed E-state index contributed by atoms with van der Waals surface area (Å²) in [6.45, 7) is 4.00. The molecular formula is C28H29ClN2O4. The zero-order valence-electron chi connectivity index (χ0n) is 19.9. The fourth-order valence-electron chi connectivity index (χ4n) is 5.98. The zero-order valence-corrected chi connectivity index (χ0v) is 20.6. The quantitative estimate of drug-likeness (QED) is 0.439. The number of aryl methyl sites for hydroxylation is 1. The van der Waals surface area contributed by atoms with Crippen LogP contribution in [0.25, 0.3) is 11.3 Å². The fraction of sp³-hybridized carbons (Fsp3) is 0.429. The van der Waals surface area contributed by atoms with E-state index >= 15 is 0 Å². The van der Waals surface area contributed by atoms with Gasteiger partial charge in [0, 0.05) is 30.4 Å². The van der Waals surface area contributed by atoms with Crippen molar-refractivity contribution in [2.24, 2.45) is 0 Å². The third kappa shape index (κ3) is 3.98. The lowest BCUT2D eigenvalue weighted by Gasteiger charge is -2.46. The molecule has 0 radical (unpaired) electrons. The van der Waals surface area contributed by atoms with E-state index in [1.807, 2.05) is 24.3 Å². The minimum absolute atomic E-state index is 0.00645. The van der Waals surface area contributed by atoms with Crippen molar-refractivity contribution in [2.45, 2.75) is 56.9 Å². The maximum absolute atomic E-state index is 13.5. The third-order valence-corrected chi connectivity index (χ3v) is 8.13. The molecule has 1 fully saturated rings. The van der Waals surface area contributed by atoms with Crippen LogP contribution in [0.3, 0.4) is 0 Å². The minimum atomic E-state index is -0.0252. The molecule has 1 amide bonds. The maximum Gasteiger partial charge on any atom is 0.223 e. The number of nitrogens with zero attached hydrogens (tertiary/aromatic N) is 2. The lowest BCUT2D eigenvalue weighted by molar-refractivity contribution is -0.135. The molecule has 1 aliphatic carbocycles. The summed E-state index contributed by atoms with van der Waals surface area (Å²) in [7, 11) is 0. The van der Waals surface area contributed by atoms with E-state index in [0.717, 1.165) is 36.4 Å². The summed E-state index contributed by atoms with van der Waals surface area (Å²) in [6, 6.07) is 11.8. The first-order valence-corrected chi connectivity index (χ1v) is 12.8. The Bertz CT molecular complexity index is 1260. The molecule has 3 heterocycles. The van der Waals surface area contributed by atoms with Crippen molar-refractivity contribution in [3.8, 4) is 22.8 Å². The van der Waals surface area contributed by atoms with Gasteiger partial charge in [-0.1, -0.05) is 36.6 Å². The Morgan fingerprint density at radius 3 is 2.66 bits per heavy atom. The molecule has 6 rings (SSSR count). The van der Waals surface area contributed by atoms with Crippen LogP contribution in [-0.4, -0.2) is 35.5 Å². The molecule has 35 heavy (non-hydrogen) atoms. The number of hydrogen-bond donors (Lipinski definition) is 0. The lowest BCUT2D eigenvalue weighted by Crippen LogP contribution is -2.48. The smallest absolute Gasteiger partial charge is 0.223 e. The van der Waals surface area contributed by atoms with Crippen molar-refractivity contribution < 1.29 is 18.7 Å². The van der Waals surface area contributed by atoms with Gasteiger partial charge in [-0.15, -0.1) is 0 Å². The van der Waals surface area contributed by atoms with Gasteiger partial charge >= 0.3 is 0 Å². The predicted octanol–water partition coefficient (Wildman–Crippen LogP) is 6.11. The second-order valence-electron chi connectivity index (χ2n) is 9.87. The van der Waals surface area contributed by atoms with Crippen molar-refractivity contribution in [3.63, 3.8) is 0 Å². The molecule has 1 aromatic heterocycles. The molecule has 6 nitrogen and oxygen atoms in total. The average Bonchev–Trinajstić information content (AvgIpc) is 3.55. The van der Waals surface area contributed by atoms with Gasteiger partial charge in [0.25, 0.3) is 0 Å². The molecule has 3 aliphatic rings. The summed E-state index contributed by atoms with van der Waals surface area (Å²) in [4.78, 5) is 20.0. The molecular weight excluding hydrogens is 464 g/mol. The summed E-state index contributed by atoms with van der Waals surface area (Å²) in [5.41, 5.74) is 3.33. The summed E-state index contributed by atoms with van der Waals surface area (Å²) >= 11 is 6.29. The van der Waals surface area contributed by atoms with Gasteiger partial charge in [0.1, 0.15) is 13.2 Å². The van der Waals surface area contributed by atoms with E-state index in [-0.39, 0.29) is 17.4 Å². The van der Waals surface area contributed by atoms with Crippen LogP contribution in [0.4, 0.5) is 0 Å². The van der Waals surface area contributed by atoms with Crippen molar-refractivity contribution in [2.75, 3.05) is 19.8 Å². The SMILES string of the molecule is CC1c2cc3c(cc2C2(CCCC2)CN1C(=O)CCc1ncc(-c2ccccc2Cl)o1)OCCO3. The van der Waals surface area contributed by atoms with Gasteiger partial charge in [0.15, 0.2) is 23.1 Å². The minimum Gasteiger partial charge on any atom is -0.486 e. The summed E-state index contributed by atoms with van der Waals surface area (Å²) in [6.07, 6.45) is 7.04.